The molecule has 1 atom stereocenters. The molecule has 1 aromatic carbocycles. The number of hydrogen-bond acceptors (Lipinski definition) is 6. The summed E-state index contributed by atoms with van der Waals surface area (Å²) < 4.78 is 38.7. The smallest absolute Gasteiger partial charge is 0.324 e. The Bertz CT molecular complexity index is 873. The van der Waals surface area contributed by atoms with E-state index in [1.54, 1.807) is 17.2 Å². The van der Waals surface area contributed by atoms with Gasteiger partial charge in [-0.2, -0.15) is 18.2 Å². The maximum absolute atomic E-state index is 12.9. The lowest BCUT2D eigenvalue weighted by Gasteiger charge is -2.24. The lowest BCUT2D eigenvalue weighted by Crippen LogP contribution is -2.38. The number of benzene rings is 1. The summed E-state index contributed by atoms with van der Waals surface area (Å²) in [5.41, 5.74) is 0.468. The van der Waals surface area contributed by atoms with Gasteiger partial charge in [0, 0.05) is 36.7 Å². The summed E-state index contributed by atoms with van der Waals surface area (Å²) in [6, 6.07) is 6.31. The number of hydroxylamine groups is 2. The third-order valence-electron chi connectivity index (χ3n) is 4.34. The largest absolute Gasteiger partial charge is 0.416 e. The summed E-state index contributed by atoms with van der Waals surface area (Å²) in [5, 5.41) is 11.7. The molecule has 1 aromatic heterocycles. The Morgan fingerprint density at radius 3 is 2.48 bits per heavy atom. The van der Waals surface area contributed by atoms with E-state index in [2.05, 4.69) is 9.98 Å². The zero-order valence-corrected chi connectivity index (χ0v) is 16.7. The minimum absolute atomic E-state index is 0.265. The van der Waals surface area contributed by atoms with E-state index in [9.17, 15) is 18.4 Å². The number of alkyl halides is 3. The van der Waals surface area contributed by atoms with Crippen LogP contribution in [0.25, 0.3) is 0 Å². The van der Waals surface area contributed by atoms with Crippen LogP contribution in [-0.4, -0.2) is 65.9 Å². The first-order valence-corrected chi connectivity index (χ1v) is 9.24. The van der Waals surface area contributed by atoms with Crippen LogP contribution < -0.4 is 4.90 Å². The van der Waals surface area contributed by atoms with Crippen LogP contribution in [0.3, 0.4) is 0 Å². The SMILES string of the molecule is CN(C)CN(O)CC1CN(c2ccc(C(F)(F)F)cc2)C(c2ccncc2Cl)=N1. The second-order valence-corrected chi connectivity index (χ2v) is 7.43. The quantitative estimate of drug-likeness (QED) is 0.564. The van der Waals surface area contributed by atoms with Crippen molar-refractivity contribution in [3.05, 3.63) is 58.9 Å². The van der Waals surface area contributed by atoms with Gasteiger partial charge in [-0.15, -0.1) is 0 Å². The molecule has 2 heterocycles. The molecule has 2 aromatic rings. The number of aromatic nitrogens is 1. The molecule has 0 saturated heterocycles. The Morgan fingerprint density at radius 1 is 1.21 bits per heavy atom. The van der Waals surface area contributed by atoms with Crippen LogP contribution in [-0.2, 0) is 6.18 Å². The summed E-state index contributed by atoms with van der Waals surface area (Å²) in [4.78, 5) is 12.3. The normalized spacial score (nSPS) is 17.3. The maximum Gasteiger partial charge on any atom is 0.416 e. The minimum Gasteiger partial charge on any atom is -0.324 e. The molecule has 29 heavy (non-hydrogen) atoms. The zero-order valence-electron chi connectivity index (χ0n) is 15.9. The van der Waals surface area contributed by atoms with Crippen LogP contribution in [0.5, 0.6) is 0 Å². The highest BCUT2D eigenvalue weighted by atomic mass is 35.5. The van der Waals surface area contributed by atoms with Gasteiger partial charge in [0.25, 0.3) is 0 Å². The summed E-state index contributed by atoms with van der Waals surface area (Å²) in [5.74, 6) is 0.528. The van der Waals surface area contributed by atoms with Crippen molar-refractivity contribution in [3.63, 3.8) is 0 Å². The van der Waals surface area contributed by atoms with Crippen LogP contribution in [0, 0.1) is 0 Å². The summed E-state index contributed by atoms with van der Waals surface area (Å²) in [6.07, 6.45) is -1.34. The second kappa shape index (κ2) is 8.66. The van der Waals surface area contributed by atoms with E-state index in [0.717, 1.165) is 17.2 Å². The van der Waals surface area contributed by atoms with E-state index >= 15 is 0 Å². The van der Waals surface area contributed by atoms with Crippen molar-refractivity contribution in [2.24, 2.45) is 4.99 Å². The van der Waals surface area contributed by atoms with Gasteiger partial charge in [0.1, 0.15) is 5.84 Å². The second-order valence-electron chi connectivity index (χ2n) is 7.03. The minimum atomic E-state index is -4.40. The van der Waals surface area contributed by atoms with Gasteiger partial charge in [-0.25, -0.2) is 0 Å². The van der Waals surface area contributed by atoms with Crippen molar-refractivity contribution < 1.29 is 18.4 Å². The van der Waals surface area contributed by atoms with Gasteiger partial charge in [0.05, 0.1) is 23.3 Å². The van der Waals surface area contributed by atoms with Gasteiger partial charge in [-0.3, -0.25) is 14.9 Å². The Balaban J connectivity index is 1.90. The molecule has 0 radical (unpaired) electrons. The third-order valence-corrected chi connectivity index (χ3v) is 4.64. The highest BCUT2D eigenvalue weighted by molar-refractivity contribution is 6.35. The molecular weight excluding hydrogens is 407 g/mol. The van der Waals surface area contributed by atoms with E-state index in [4.69, 9.17) is 11.6 Å². The van der Waals surface area contributed by atoms with Crippen molar-refractivity contribution >= 4 is 23.1 Å². The van der Waals surface area contributed by atoms with Gasteiger partial charge in [0.15, 0.2) is 0 Å². The number of aliphatic imine (C=N–C) groups is 1. The molecule has 3 rings (SSSR count). The Hall–Kier alpha value is -2.20. The first kappa shape index (κ1) is 21.5. The first-order chi connectivity index (χ1) is 13.6. The van der Waals surface area contributed by atoms with E-state index in [1.165, 1.54) is 18.3 Å². The third kappa shape index (κ3) is 5.24. The number of amidine groups is 1. The van der Waals surface area contributed by atoms with E-state index < -0.39 is 11.7 Å². The van der Waals surface area contributed by atoms with E-state index in [0.29, 0.717) is 35.3 Å². The van der Waals surface area contributed by atoms with E-state index in [-0.39, 0.29) is 12.6 Å². The van der Waals surface area contributed by atoms with Crippen LogP contribution >= 0.6 is 11.6 Å². The molecule has 0 saturated carbocycles. The number of pyridine rings is 1. The van der Waals surface area contributed by atoms with Crippen LogP contribution in [0.1, 0.15) is 11.1 Å². The van der Waals surface area contributed by atoms with Crippen molar-refractivity contribution in [1.29, 1.82) is 0 Å². The number of halogens is 4. The van der Waals surface area contributed by atoms with Crippen LogP contribution in [0.2, 0.25) is 5.02 Å². The monoisotopic (exact) mass is 427 g/mol. The fourth-order valence-electron chi connectivity index (χ4n) is 3.14. The Labute approximate surface area is 171 Å². The van der Waals surface area contributed by atoms with Gasteiger partial charge >= 0.3 is 6.18 Å². The average Bonchev–Trinajstić information content (AvgIpc) is 3.04. The number of rotatable bonds is 6. The van der Waals surface area contributed by atoms with Gasteiger partial charge in [-0.1, -0.05) is 11.6 Å². The van der Waals surface area contributed by atoms with Crippen LogP contribution in [0.4, 0.5) is 18.9 Å². The van der Waals surface area contributed by atoms with Gasteiger partial charge in [-0.05, 0) is 44.4 Å². The fraction of sp³-hybridized carbons (Fsp3) is 0.368. The average molecular weight is 428 g/mol. The number of nitrogens with zero attached hydrogens (tertiary/aromatic N) is 5. The van der Waals surface area contributed by atoms with E-state index in [1.807, 2.05) is 19.0 Å². The van der Waals surface area contributed by atoms with Crippen molar-refractivity contribution in [1.82, 2.24) is 14.9 Å². The van der Waals surface area contributed by atoms with Gasteiger partial charge < -0.3 is 10.1 Å². The van der Waals surface area contributed by atoms with Crippen molar-refractivity contribution in [2.45, 2.75) is 12.2 Å². The molecular formula is C19H21ClF3N5O. The van der Waals surface area contributed by atoms with Crippen molar-refractivity contribution in [3.8, 4) is 0 Å². The summed E-state index contributed by atoms with van der Waals surface area (Å²) in [7, 11) is 3.66. The standard InChI is InChI=1S/C19H21ClF3N5O/c1-26(2)12-27(29)10-14-11-28(15-5-3-13(4-6-15)19(21,22)23)18(25-14)16-7-8-24-9-17(16)20/h3-9,14,29H,10-12H2,1-2H3. The van der Waals surface area contributed by atoms with Crippen molar-refractivity contribution in [2.75, 3.05) is 38.8 Å². The highest BCUT2D eigenvalue weighted by Gasteiger charge is 2.32. The fourth-order valence-corrected chi connectivity index (χ4v) is 3.34. The molecule has 156 valence electrons. The lowest BCUT2D eigenvalue weighted by atomic mass is 10.1. The number of hydrogen-bond donors (Lipinski definition) is 1. The Kier molecular flexibility index (Phi) is 6.42. The van der Waals surface area contributed by atoms with Crippen LogP contribution in [0.15, 0.2) is 47.7 Å². The summed E-state index contributed by atoms with van der Waals surface area (Å²) >= 11 is 6.28. The topological polar surface area (TPSA) is 55.2 Å². The molecule has 1 aliphatic rings. The molecule has 1 aliphatic heterocycles. The molecule has 1 unspecified atom stereocenters. The Morgan fingerprint density at radius 2 is 1.90 bits per heavy atom. The predicted molar refractivity (Wildman–Crippen MR) is 105 cm³/mol. The molecule has 0 fully saturated rings. The molecule has 6 nitrogen and oxygen atoms in total. The molecule has 0 aliphatic carbocycles. The molecule has 0 spiro atoms. The highest BCUT2D eigenvalue weighted by Crippen LogP contribution is 2.32. The lowest BCUT2D eigenvalue weighted by molar-refractivity contribution is -0.137. The first-order valence-electron chi connectivity index (χ1n) is 8.86. The molecule has 0 bridgehead atoms. The maximum atomic E-state index is 12.9. The molecule has 10 heteroatoms. The number of anilines is 1. The zero-order chi connectivity index (χ0) is 21.2. The summed E-state index contributed by atoms with van der Waals surface area (Å²) in [6.45, 7) is 0.989. The molecule has 1 N–H and O–H groups in total. The predicted octanol–water partition coefficient (Wildman–Crippen LogP) is 3.60. The molecule has 0 amide bonds. The van der Waals surface area contributed by atoms with Gasteiger partial charge in [0.2, 0.25) is 0 Å².